The molecule has 108 valence electrons. The van der Waals surface area contributed by atoms with Gasteiger partial charge in [0.2, 0.25) is 0 Å². The Morgan fingerprint density at radius 2 is 2.11 bits per heavy atom. The normalized spacial score (nSPS) is 12.4. The molecule has 1 rings (SSSR count). The molecule has 0 aliphatic carbocycles. The lowest BCUT2D eigenvalue weighted by molar-refractivity contribution is 0.0702. The molecule has 1 atom stereocenters. The van der Waals surface area contributed by atoms with Crippen LogP contribution < -0.4 is 10.1 Å². The van der Waals surface area contributed by atoms with Crippen LogP contribution in [0.1, 0.15) is 25.5 Å². The Morgan fingerprint density at radius 1 is 1.32 bits per heavy atom. The van der Waals surface area contributed by atoms with Gasteiger partial charge in [-0.15, -0.1) is 0 Å². The first-order valence-electron chi connectivity index (χ1n) is 6.53. The molecule has 0 aliphatic heterocycles. The second kappa shape index (κ2) is 8.85. The quantitative estimate of drug-likeness (QED) is 0.673. The molecule has 0 saturated heterocycles. The fourth-order valence-corrected chi connectivity index (χ4v) is 1.78. The van der Waals surface area contributed by atoms with E-state index in [1.807, 2.05) is 13.8 Å². The molecule has 2 N–H and O–H groups in total. The van der Waals surface area contributed by atoms with E-state index in [1.54, 1.807) is 6.07 Å². The molecule has 1 aromatic carbocycles. The van der Waals surface area contributed by atoms with Gasteiger partial charge in [-0.25, -0.2) is 4.39 Å². The molecule has 0 radical (unpaired) electrons. The van der Waals surface area contributed by atoms with Crippen LogP contribution in [0.3, 0.4) is 0 Å². The van der Waals surface area contributed by atoms with Crippen LogP contribution in [0.25, 0.3) is 0 Å². The Hall–Kier alpha value is -1.17. The number of hydrogen-bond donors (Lipinski definition) is 2. The molecule has 0 fully saturated rings. The molecule has 1 unspecified atom stereocenters. The smallest absolute Gasteiger partial charge is 0.124 e. The Kier molecular flexibility index (Phi) is 7.40. The van der Waals surface area contributed by atoms with Gasteiger partial charge in [-0.2, -0.15) is 0 Å². The van der Waals surface area contributed by atoms with Gasteiger partial charge in [-0.1, -0.05) is 6.92 Å². The average Bonchev–Trinajstić information content (AvgIpc) is 2.40. The molecule has 0 bridgehead atoms. The van der Waals surface area contributed by atoms with Gasteiger partial charge in [0.15, 0.2) is 0 Å². The second-order valence-electron chi connectivity index (χ2n) is 4.15. The van der Waals surface area contributed by atoms with Gasteiger partial charge in [-0.05, 0) is 31.7 Å². The fraction of sp³-hybridized carbons (Fsp3) is 0.571. The Bertz CT molecular complexity index is 374. The van der Waals surface area contributed by atoms with Gasteiger partial charge in [0.1, 0.15) is 18.2 Å². The molecule has 0 heterocycles. The summed E-state index contributed by atoms with van der Waals surface area (Å²) in [6, 6.07) is 4.52. The third-order valence-corrected chi connectivity index (χ3v) is 2.67. The number of rotatable bonds is 9. The Balaban J connectivity index is 2.60. The number of nitrogens with one attached hydrogen (secondary N) is 1. The van der Waals surface area contributed by atoms with Gasteiger partial charge in [0, 0.05) is 11.6 Å². The summed E-state index contributed by atoms with van der Waals surface area (Å²) in [5, 5.41) is 11.8. The van der Waals surface area contributed by atoms with Crippen LogP contribution in [0.2, 0.25) is 0 Å². The summed E-state index contributed by atoms with van der Waals surface area (Å²) in [5.74, 6) is 0.381. The van der Waals surface area contributed by atoms with Crippen molar-refractivity contribution in [3.8, 4) is 5.75 Å². The first-order valence-corrected chi connectivity index (χ1v) is 6.53. The van der Waals surface area contributed by atoms with Crippen molar-refractivity contribution in [1.82, 2.24) is 5.32 Å². The highest BCUT2D eigenvalue weighted by atomic mass is 19.1. The van der Waals surface area contributed by atoms with E-state index in [0.29, 0.717) is 25.6 Å². The average molecular weight is 271 g/mol. The molecular weight excluding hydrogens is 249 g/mol. The summed E-state index contributed by atoms with van der Waals surface area (Å²) in [6.45, 7) is 5.83. The summed E-state index contributed by atoms with van der Waals surface area (Å²) >= 11 is 0. The summed E-state index contributed by atoms with van der Waals surface area (Å²) < 4.78 is 24.0. The largest absolute Gasteiger partial charge is 0.491 e. The number of ether oxygens (including phenoxy) is 2. The lowest BCUT2D eigenvalue weighted by Gasteiger charge is -2.17. The maximum Gasteiger partial charge on any atom is 0.124 e. The number of aliphatic hydroxyl groups is 1. The number of hydrogen-bond acceptors (Lipinski definition) is 4. The minimum atomic E-state index is -0.274. The van der Waals surface area contributed by atoms with Gasteiger partial charge in [-0.3, -0.25) is 0 Å². The van der Waals surface area contributed by atoms with E-state index in [0.717, 1.165) is 12.1 Å². The van der Waals surface area contributed by atoms with Crippen molar-refractivity contribution in [2.45, 2.75) is 19.9 Å². The summed E-state index contributed by atoms with van der Waals surface area (Å²) in [6.07, 6.45) is 0. The maximum atomic E-state index is 13.3. The van der Waals surface area contributed by atoms with E-state index in [2.05, 4.69) is 5.32 Å². The zero-order chi connectivity index (χ0) is 14.1. The van der Waals surface area contributed by atoms with Crippen molar-refractivity contribution in [1.29, 1.82) is 0 Å². The van der Waals surface area contributed by atoms with Crippen molar-refractivity contribution in [3.63, 3.8) is 0 Å². The van der Waals surface area contributed by atoms with Gasteiger partial charge in [0.25, 0.3) is 0 Å². The molecular formula is C14H22FNO3. The number of aliphatic hydroxyl groups excluding tert-OH is 1. The first-order chi connectivity index (χ1) is 9.19. The molecule has 1 aromatic rings. The summed E-state index contributed by atoms with van der Waals surface area (Å²) in [5.41, 5.74) is 0.795. The van der Waals surface area contributed by atoms with Crippen molar-refractivity contribution in [2.75, 3.05) is 33.0 Å². The van der Waals surface area contributed by atoms with Crippen LogP contribution in [0, 0.1) is 5.82 Å². The SMILES string of the molecule is CCNC(C)c1cc(F)ccc1OCCOCCO. The zero-order valence-corrected chi connectivity index (χ0v) is 11.5. The standard InChI is InChI=1S/C14H22FNO3/c1-3-16-11(2)13-10-12(15)4-5-14(13)19-9-8-18-7-6-17/h4-5,10-11,16-17H,3,6-9H2,1-2H3. The van der Waals surface area contributed by atoms with Crippen LogP contribution in [-0.4, -0.2) is 38.1 Å². The van der Waals surface area contributed by atoms with Crippen LogP contribution in [0.4, 0.5) is 4.39 Å². The molecule has 0 amide bonds. The van der Waals surface area contributed by atoms with Crippen molar-refractivity contribution in [2.24, 2.45) is 0 Å². The number of halogens is 1. The second-order valence-corrected chi connectivity index (χ2v) is 4.15. The maximum absolute atomic E-state index is 13.3. The minimum absolute atomic E-state index is 0.000742. The molecule has 5 heteroatoms. The predicted molar refractivity (Wildman–Crippen MR) is 71.9 cm³/mol. The lowest BCUT2D eigenvalue weighted by atomic mass is 10.1. The molecule has 0 spiro atoms. The highest BCUT2D eigenvalue weighted by Gasteiger charge is 2.12. The zero-order valence-electron chi connectivity index (χ0n) is 11.5. The van der Waals surface area contributed by atoms with E-state index in [-0.39, 0.29) is 18.5 Å². The minimum Gasteiger partial charge on any atom is -0.491 e. The van der Waals surface area contributed by atoms with E-state index in [9.17, 15) is 4.39 Å². The van der Waals surface area contributed by atoms with E-state index < -0.39 is 0 Å². The summed E-state index contributed by atoms with van der Waals surface area (Å²) in [4.78, 5) is 0. The van der Waals surface area contributed by atoms with Gasteiger partial charge >= 0.3 is 0 Å². The molecule has 0 aliphatic rings. The Morgan fingerprint density at radius 3 is 2.79 bits per heavy atom. The third kappa shape index (κ3) is 5.55. The molecule has 0 saturated carbocycles. The first kappa shape index (κ1) is 15.9. The molecule has 19 heavy (non-hydrogen) atoms. The van der Waals surface area contributed by atoms with Crippen LogP contribution in [-0.2, 0) is 4.74 Å². The molecule has 4 nitrogen and oxygen atoms in total. The van der Waals surface area contributed by atoms with Gasteiger partial charge in [0.05, 0.1) is 19.8 Å². The van der Waals surface area contributed by atoms with Crippen LogP contribution in [0.5, 0.6) is 5.75 Å². The van der Waals surface area contributed by atoms with E-state index in [1.165, 1.54) is 12.1 Å². The van der Waals surface area contributed by atoms with Crippen molar-refractivity contribution < 1.29 is 19.0 Å². The van der Waals surface area contributed by atoms with Crippen LogP contribution in [0.15, 0.2) is 18.2 Å². The number of benzene rings is 1. The highest BCUT2D eigenvalue weighted by molar-refractivity contribution is 5.36. The topological polar surface area (TPSA) is 50.7 Å². The van der Waals surface area contributed by atoms with Gasteiger partial charge < -0.3 is 19.9 Å². The van der Waals surface area contributed by atoms with Crippen molar-refractivity contribution >= 4 is 0 Å². The van der Waals surface area contributed by atoms with Crippen LogP contribution >= 0.6 is 0 Å². The van der Waals surface area contributed by atoms with Crippen molar-refractivity contribution in [3.05, 3.63) is 29.6 Å². The molecule has 0 aromatic heterocycles. The lowest BCUT2D eigenvalue weighted by Crippen LogP contribution is -2.19. The predicted octanol–water partition coefficient (Wildman–Crippen LogP) is 1.88. The van der Waals surface area contributed by atoms with E-state index in [4.69, 9.17) is 14.6 Å². The third-order valence-electron chi connectivity index (χ3n) is 2.67. The highest BCUT2D eigenvalue weighted by Crippen LogP contribution is 2.26. The van der Waals surface area contributed by atoms with E-state index >= 15 is 0 Å². The fourth-order valence-electron chi connectivity index (χ4n) is 1.78. The monoisotopic (exact) mass is 271 g/mol. The Labute approximate surface area is 113 Å². The summed E-state index contributed by atoms with van der Waals surface area (Å²) in [7, 11) is 0.